The molecule has 1 N–H and O–H groups in total. The molecule has 5 heteroatoms. The van der Waals surface area contributed by atoms with Crippen LogP contribution in [0.5, 0.6) is 5.75 Å². The Bertz CT molecular complexity index is 1190. The van der Waals surface area contributed by atoms with Gasteiger partial charge in [-0.2, -0.15) is 5.10 Å². The molecule has 0 saturated carbocycles. The zero-order chi connectivity index (χ0) is 20.1. The van der Waals surface area contributed by atoms with Gasteiger partial charge in [0.25, 0.3) is 5.91 Å². The summed E-state index contributed by atoms with van der Waals surface area (Å²) in [5.74, 6) is 0.387. The largest absolute Gasteiger partial charge is 0.496 e. The van der Waals surface area contributed by atoms with Gasteiger partial charge in [0.05, 0.1) is 30.1 Å². The van der Waals surface area contributed by atoms with E-state index in [1.807, 2.05) is 78.9 Å². The Morgan fingerprint density at radius 3 is 2.52 bits per heavy atom. The van der Waals surface area contributed by atoms with E-state index in [0.29, 0.717) is 11.3 Å². The van der Waals surface area contributed by atoms with Crippen LogP contribution in [0.25, 0.3) is 22.2 Å². The van der Waals surface area contributed by atoms with E-state index < -0.39 is 0 Å². The van der Waals surface area contributed by atoms with Crippen LogP contribution in [-0.2, 0) is 0 Å². The van der Waals surface area contributed by atoms with Crippen molar-refractivity contribution >= 4 is 23.0 Å². The van der Waals surface area contributed by atoms with Crippen molar-refractivity contribution in [1.82, 2.24) is 10.4 Å². The van der Waals surface area contributed by atoms with Crippen molar-refractivity contribution in [3.8, 4) is 17.0 Å². The molecule has 142 valence electrons. The summed E-state index contributed by atoms with van der Waals surface area (Å²) in [6, 6.07) is 26.6. The summed E-state index contributed by atoms with van der Waals surface area (Å²) in [4.78, 5) is 17.6. The number of ether oxygens (including phenoxy) is 1. The van der Waals surface area contributed by atoms with Crippen LogP contribution in [0.1, 0.15) is 15.9 Å². The minimum atomic E-state index is -0.299. The summed E-state index contributed by atoms with van der Waals surface area (Å²) >= 11 is 0. The molecule has 4 rings (SSSR count). The van der Waals surface area contributed by atoms with Crippen LogP contribution in [0.3, 0.4) is 0 Å². The predicted molar refractivity (Wildman–Crippen MR) is 115 cm³/mol. The highest BCUT2D eigenvalue weighted by molar-refractivity contribution is 6.07. The van der Waals surface area contributed by atoms with E-state index in [9.17, 15) is 4.79 Å². The molecule has 0 aliphatic rings. The summed E-state index contributed by atoms with van der Waals surface area (Å²) < 4.78 is 5.30. The van der Waals surface area contributed by atoms with Crippen LogP contribution in [-0.4, -0.2) is 24.2 Å². The fourth-order valence-corrected chi connectivity index (χ4v) is 3.11. The van der Waals surface area contributed by atoms with E-state index in [2.05, 4.69) is 10.5 Å². The van der Waals surface area contributed by atoms with Gasteiger partial charge in [0.15, 0.2) is 0 Å². The van der Waals surface area contributed by atoms with Gasteiger partial charge in [-0.15, -0.1) is 0 Å². The fourth-order valence-electron chi connectivity index (χ4n) is 3.11. The van der Waals surface area contributed by atoms with Crippen molar-refractivity contribution in [2.45, 2.75) is 0 Å². The van der Waals surface area contributed by atoms with Crippen molar-refractivity contribution in [2.75, 3.05) is 7.11 Å². The Hall–Kier alpha value is -3.99. The summed E-state index contributed by atoms with van der Waals surface area (Å²) in [6.45, 7) is 0. The highest BCUT2D eigenvalue weighted by Crippen LogP contribution is 2.24. The third-order valence-corrected chi connectivity index (χ3v) is 4.54. The molecule has 0 aliphatic heterocycles. The Kier molecular flexibility index (Phi) is 5.29. The number of para-hydroxylation sites is 2. The number of hydrogen-bond donors (Lipinski definition) is 1. The molecule has 5 nitrogen and oxygen atoms in total. The average Bonchev–Trinajstić information content (AvgIpc) is 2.79. The highest BCUT2D eigenvalue weighted by atomic mass is 16.5. The van der Waals surface area contributed by atoms with Gasteiger partial charge >= 0.3 is 0 Å². The first-order valence-corrected chi connectivity index (χ1v) is 9.18. The lowest BCUT2D eigenvalue weighted by Gasteiger charge is -2.09. The third kappa shape index (κ3) is 3.99. The zero-order valence-electron chi connectivity index (χ0n) is 15.9. The molecular formula is C24H19N3O2. The van der Waals surface area contributed by atoms with E-state index in [1.165, 1.54) is 0 Å². The van der Waals surface area contributed by atoms with Crippen LogP contribution in [0, 0.1) is 0 Å². The smallest absolute Gasteiger partial charge is 0.272 e. The molecule has 0 aliphatic carbocycles. The lowest BCUT2D eigenvalue weighted by atomic mass is 10.0. The van der Waals surface area contributed by atoms with Crippen LogP contribution in [0.15, 0.2) is 90.0 Å². The molecule has 3 aromatic carbocycles. The Morgan fingerprint density at radius 2 is 1.69 bits per heavy atom. The van der Waals surface area contributed by atoms with Gasteiger partial charge in [0.2, 0.25) is 0 Å². The molecule has 0 bridgehead atoms. The van der Waals surface area contributed by atoms with Gasteiger partial charge in [-0.05, 0) is 24.3 Å². The standard InChI is InChI=1S/C24H19N3O2/c1-29-23-14-8-5-11-18(23)16-25-27-24(28)20-15-22(17-9-3-2-4-10-17)26-21-13-7-6-12-19(20)21/h2-16H,1H3,(H,27,28)/b25-16+. The summed E-state index contributed by atoms with van der Waals surface area (Å²) in [5.41, 5.74) is 6.36. The molecule has 0 fully saturated rings. The molecule has 0 spiro atoms. The maximum atomic E-state index is 12.9. The summed E-state index contributed by atoms with van der Waals surface area (Å²) in [7, 11) is 1.60. The van der Waals surface area contributed by atoms with Crippen molar-refractivity contribution in [3.05, 3.63) is 96.1 Å². The number of amides is 1. The number of fused-ring (bicyclic) bond motifs is 1. The van der Waals surface area contributed by atoms with Crippen molar-refractivity contribution in [1.29, 1.82) is 0 Å². The first-order valence-electron chi connectivity index (χ1n) is 9.18. The maximum absolute atomic E-state index is 12.9. The molecular weight excluding hydrogens is 362 g/mol. The second-order valence-electron chi connectivity index (χ2n) is 6.38. The minimum Gasteiger partial charge on any atom is -0.496 e. The van der Waals surface area contributed by atoms with Gasteiger partial charge in [0.1, 0.15) is 5.75 Å². The Balaban J connectivity index is 1.67. The van der Waals surface area contributed by atoms with Gasteiger partial charge in [-0.1, -0.05) is 60.7 Å². The lowest BCUT2D eigenvalue weighted by Crippen LogP contribution is -2.18. The molecule has 29 heavy (non-hydrogen) atoms. The minimum absolute atomic E-state index is 0.299. The van der Waals surface area contributed by atoms with E-state index in [-0.39, 0.29) is 5.91 Å². The monoisotopic (exact) mass is 381 g/mol. The number of nitrogens with one attached hydrogen (secondary N) is 1. The van der Waals surface area contributed by atoms with Crippen LogP contribution >= 0.6 is 0 Å². The summed E-state index contributed by atoms with van der Waals surface area (Å²) in [6.07, 6.45) is 1.57. The molecule has 0 unspecified atom stereocenters. The predicted octanol–water partition coefficient (Wildman–Crippen LogP) is 4.67. The third-order valence-electron chi connectivity index (χ3n) is 4.54. The molecule has 0 saturated heterocycles. The quantitative estimate of drug-likeness (QED) is 0.403. The van der Waals surface area contributed by atoms with E-state index in [0.717, 1.165) is 27.7 Å². The lowest BCUT2D eigenvalue weighted by molar-refractivity contribution is 0.0956. The number of nitrogens with zero attached hydrogens (tertiary/aromatic N) is 2. The van der Waals surface area contributed by atoms with Gasteiger partial charge in [-0.3, -0.25) is 4.79 Å². The highest BCUT2D eigenvalue weighted by Gasteiger charge is 2.13. The summed E-state index contributed by atoms with van der Waals surface area (Å²) in [5, 5.41) is 4.89. The zero-order valence-corrected chi connectivity index (χ0v) is 15.9. The number of aromatic nitrogens is 1. The van der Waals surface area contributed by atoms with Gasteiger partial charge in [0, 0.05) is 16.5 Å². The number of carbonyl (C=O) groups is 1. The number of hydrogen-bond acceptors (Lipinski definition) is 4. The number of hydrazone groups is 1. The topological polar surface area (TPSA) is 63.6 Å². The second kappa shape index (κ2) is 8.35. The number of pyridine rings is 1. The fraction of sp³-hybridized carbons (Fsp3) is 0.0417. The number of carbonyl (C=O) groups excluding carboxylic acids is 1. The van der Waals surface area contributed by atoms with Crippen LogP contribution in [0.4, 0.5) is 0 Å². The van der Waals surface area contributed by atoms with Crippen molar-refractivity contribution in [2.24, 2.45) is 5.10 Å². The average molecular weight is 381 g/mol. The van der Waals surface area contributed by atoms with Crippen molar-refractivity contribution in [3.63, 3.8) is 0 Å². The molecule has 0 radical (unpaired) electrons. The van der Waals surface area contributed by atoms with Crippen LogP contribution < -0.4 is 10.2 Å². The van der Waals surface area contributed by atoms with Gasteiger partial charge in [-0.25, -0.2) is 10.4 Å². The van der Waals surface area contributed by atoms with Gasteiger partial charge < -0.3 is 4.74 Å². The number of rotatable bonds is 5. The van der Waals surface area contributed by atoms with E-state index >= 15 is 0 Å². The Morgan fingerprint density at radius 1 is 0.966 bits per heavy atom. The Labute approximate surface area is 168 Å². The second-order valence-corrected chi connectivity index (χ2v) is 6.38. The molecule has 4 aromatic rings. The van der Waals surface area contributed by atoms with E-state index in [1.54, 1.807) is 19.4 Å². The first kappa shape index (κ1) is 18.4. The van der Waals surface area contributed by atoms with E-state index in [4.69, 9.17) is 9.72 Å². The van der Waals surface area contributed by atoms with Crippen molar-refractivity contribution < 1.29 is 9.53 Å². The number of benzene rings is 3. The molecule has 1 aromatic heterocycles. The molecule has 1 heterocycles. The van der Waals surface area contributed by atoms with Crippen LogP contribution in [0.2, 0.25) is 0 Å². The SMILES string of the molecule is COc1ccccc1/C=N/NC(=O)c1cc(-c2ccccc2)nc2ccccc12. The maximum Gasteiger partial charge on any atom is 0.272 e. The molecule has 0 atom stereocenters. The normalized spacial score (nSPS) is 10.9. The molecule has 1 amide bonds. The first-order chi connectivity index (χ1) is 14.3. The number of methoxy groups -OCH3 is 1.